The number of rotatable bonds is 9. The lowest BCUT2D eigenvalue weighted by Gasteiger charge is -2.40. The highest BCUT2D eigenvalue weighted by atomic mass is 19.4. The molecule has 0 saturated carbocycles. The van der Waals surface area contributed by atoms with E-state index in [1.54, 1.807) is 13.8 Å². The van der Waals surface area contributed by atoms with Crippen LogP contribution in [0.5, 0.6) is 5.75 Å². The van der Waals surface area contributed by atoms with Gasteiger partial charge >= 0.3 is 24.6 Å². The Labute approximate surface area is 263 Å². The number of carbonyl (C=O) groups excluding carboxylic acids is 1. The molecule has 2 atom stereocenters. The molecule has 17 heteroatoms. The van der Waals surface area contributed by atoms with Crippen molar-refractivity contribution in [3.8, 4) is 17.1 Å². The third kappa shape index (κ3) is 8.06. The quantitative estimate of drug-likeness (QED) is 0.226. The normalized spacial score (nSPS) is 17.0. The summed E-state index contributed by atoms with van der Waals surface area (Å²) in [7, 11) is 0. The number of nitrogens with two attached hydrogens (primary N) is 1. The van der Waals surface area contributed by atoms with Crippen molar-refractivity contribution < 1.29 is 53.8 Å². The fourth-order valence-corrected chi connectivity index (χ4v) is 5.34. The number of nitrogens with zero attached hydrogens (tertiary/aromatic N) is 3. The zero-order chi connectivity index (χ0) is 34.7. The van der Waals surface area contributed by atoms with E-state index in [0.717, 1.165) is 30.6 Å². The molecule has 3 aromatic rings. The maximum Gasteiger partial charge on any atom is 0.417 e. The van der Waals surface area contributed by atoms with Gasteiger partial charge in [0.05, 0.1) is 41.4 Å². The standard InChI is InChI=1S/C30H30F9N5O3/c1-3-19-12-23(21-10-17(28(31,32)33)5-6-24(21)44(19)27(45)46-4-2)41-13-16-9-18(29(34,35)36)11-22(30(37,38)39)25(16)26-42-14-20(15-43-26)47-8-7-40/h5-6,9-11,14-15,19,23,41H,3-4,7-8,12-13,40H2,1-2H3/t19-,23+/m1/s1. The fourth-order valence-electron chi connectivity index (χ4n) is 5.34. The summed E-state index contributed by atoms with van der Waals surface area (Å²) in [5.74, 6) is -0.512. The molecule has 0 spiro atoms. The Hall–Kier alpha value is -4.12. The number of amides is 1. The molecular weight excluding hydrogens is 649 g/mol. The highest BCUT2D eigenvalue weighted by Gasteiger charge is 2.42. The van der Waals surface area contributed by atoms with E-state index in [-0.39, 0.29) is 49.2 Å². The molecule has 2 aromatic carbocycles. The maximum absolute atomic E-state index is 14.3. The summed E-state index contributed by atoms with van der Waals surface area (Å²) in [6.07, 6.45) is -13.7. The number of anilines is 1. The molecule has 0 fully saturated rings. The van der Waals surface area contributed by atoms with Crippen LogP contribution in [0.3, 0.4) is 0 Å². The molecule has 1 aliphatic rings. The maximum atomic E-state index is 14.3. The van der Waals surface area contributed by atoms with Crippen LogP contribution >= 0.6 is 0 Å². The van der Waals surface area contributed by atoms with Gasteiger partial charge in [0.25, 0.3) is 0 Å². The van der Waals surface area contributed by atoms with Gasteiger partial charge in [0.15, 0.2) is 11.6 Å². The van der Waals surface area contributed by atoms with Crippen molar-refractivity contribution in [2.75, 3.05) is 24.7 Å². The molecule has 1 aliphatic heterocycles. The van der Waals surface area contributed by atoms with E-state index in [1.165, 1.54) is 4.90 Å². The number of benzene rings is 2. The molecule has 1 amide bonds. The van der Waals surface area contributed by atoms with Crippen molar-refractivity contribution in [3.63, 3.8) is 0 Å². The van der Waals surface area contributed by atoms with E-state index in [0.29, 0.717) is 12.5 Å². The van der Waals surface area contributed by atoms with Crippen LogP contribution in [0.2, 0.25) is 0 Å². The predicted molar refractivity (Wildman–Crippen MR) is 151 cm³/mol. The lowest BCUT2D eigenvalue weighted by Crippen LogP contribution is -2.47. The smallest absolute Gasteiger partial charge is 0.417 e. The van der Waals surface area contributed by atoms with Crippen LogP contribution in [0, 0.1) is 0 Å². The van der Waals surface area contributed by atoms with Crippen LogP contribution in [0.4, 0.5) is 50.0 Å². The minimum Gasteiger partial charge on any atom is -0.489 e. The van der Waals surface area contributed by atoms with Gasteiger partial charge in [-0.25, -0.2) is 14.8 Å². The third-order valence-corrected chi connectivity index (χ3v) is 7.43. The molecule has 1 aromatic heterocycles. The van der Waals surface area contributed by atoms with Crippen molar-refractivity contribution in [3.05, 3.63) is 70.5 Å². The van der Waals surface area contributed by atoms with Gasteiger partial charge in [-0.2, -0.15) is 39.5 Å². The second-order valence-electron chi connectivity index (χ2n) is 10.5. The molecule has 0 saturated heterocycles. The lowest BCUT2D eigenvalue weighted by molar-refractivity contribution is -0.143. The summed E-state index contributed by atoms with van der Waals surface area (Å²) in [6.45, 7) is 2.71. The monoisotopic (exact) mass is 679 g/mol. The van der Waals surface area contributed by atoms with Gasteiger partial charge < -0.3 is 20.5 Å². The highest BCUT2D eigenvalue weighted by Crippen LogP contribution is 2.45. The van der Waals surface area contributed by atoms with Gasteiger partial charge in [0, 0.05) is 30.7 Å². The Morgan fingerprint density at radius 1 is 0.957 bits per heavy atom. The van der Waals surface area contributed by atoms with Crippen molar-refractivity contribution in [2.45, 2.75) is 63.8 Å². The first kappa shape index (κ1) is 35.7. The lowest BCUT2D eigenvalue weighted by atomic mass is 9.88. The van der Waals surface area contributed by atoms with Crippen molar-refractivity contribution in [1.82, 2.24) is 15.3 Å². The van der Waals surface area contributed by atoms with Crippen LogP contribution < -0.4 is 20.7 Å². The third-order valence-electron chi connectivity index (χ3n) is 7.43. The summed E-state index contributed by atoms with van der Waals surface area (Å²) in [4.78, 5) is 21.9. The van der Waals surface area contributed by atoms with E-state index >= 15 is 0 Å². The number of hydrogen-bond acceptors (Lipinski definition) is 7. The second-order valence-corrected chi connectivity index (χ2v) is 10.5. The second kappa shape index (κ2) is 13.9. The Balaban J connectivity index is 1.85. The van der Waals surface area contributed by atoms with Gasteiger partial charge in [-0.05, 0) is 61.2 Å². The number of alkyl halides is 9. The predicted octanol–water partition coefficient (Wildman–Crippen LogP) is 7.51. The molecule has 0 bridgehead atoms. The average Bonchev–Trinajstić information content (AvgIpc) is 3.00. The average molecular weight is 680 g/mol. The molecule has 0 radical (unpaired) electrons. The SMILES string of the molecule is CCOC(=O)N1c2ccc(C(F)(F)F)cc2[C@@H](NCc2cc(C(F)(F)F)cc(C(F)(F)F)c2-c2ncc(OCCN)cn2)C[C@H]1CC. The topological polar surface area (TPSA) is 103 Å². The molecule has 4 rings (SSSR count). The van der Waals surface area contributed by atoms with Crippen molar-refractivity contribution in [2.24, 2.45) is 5.73 Å². The number of nitrogens with one attached hydrogen (secondary N) is 1. The Kier molecular flexibility index (Phi) is 10.6. The summed E-state index contributed by atoms with van der Waals surface area (Å²) in [5.41, 5.74) is -0.217. The number of halogens is 9. The molecule has 8 nitrogen and oxygen atoms in total. The molecule has 0 aliphatic carbocycles. The molecule has 2 heterocycles. The zero-order valence-corrected chi connectivity index (χ0v) is 25.0. The van der Waals surface area contributed by atoms with Crippen molar-refractivity contribution >= 4 is 11.8 Å². The largest absolute Gasteiger partial charge is 0.489 e. The van der Waals surface area contributed by atoms with Crippen LogP contribution in [0.15, 0.2) is 42.7 Å². The van der Waals surface area contributed by atoms with Gasteiger partial charge in [0.1, 0.15) is 6.61 Å². The summed E-state index contributed by atoms with van der Waals surface area (Å²) < 4.78 is 136. The van der Waals surface area contributed by atoms with Crippen LogP contribution in [0.1, 0.15) is 60.5 Å². The molecule has 3 N–H and O–H groups in total. The molecule has 47 heavy (non-hydrogen) atoms. The Morgan fingerprint density at radius 3 is 2.17 bits per heavy atom. The zero-order valence-electron chi connectivity index (χ0n) is 25.0. The first-order valence-electron chi connectivity index (χ1n) is 14.4. The number of ether oxygens (including phenoxy) is 2. The van der Waals surface area contributed by atoms with E-state index in [4.69, 9.17) is 15.2 Å². The van der Waals surface area contributed by atoms with Gasteiger partial charge in [-0.1, -0.05) is 6.92 Å². The van der Waals surface area contributed by atoms with Crippen molar-refractivity contribution in [1.29, 1.82) is 0 Å². The molecular formula is C30H30F9N5O3. The summed E-state index contributed by atoms with van der Waals surface area (Å²) in [6, 6.07) is 1.46. The number of aromatic nitrogens is 2. The Morgan fingerprint density at radius 2 is 1.62 bits per heavy atom. The minimum atomic E-state index is -5.28. The number of hydrogen-bond donors (Lipinski definition) is 2. The van der Waals surface area contributed by atoms with Crippen LogP contribution in [-0.4, -0.2) is 41.9 Å². The summed E-state index contributed by atoms with van der Waals surface area (Å²) in [5, 5.41) is 2.86. The van der Waals surface area contributed by atoms with Crippen LogP contribution in [-0.2, 0) is 29.8 Å². The van der Waals surface area contributed by atoms with E-state index in [1.807, 2.05) is 0 Å². The Bertz CT molecular complexity index is 1560. The van der Waals surface area contributed by atoms with E-state index < -0.39 is 76.9 Å². The number of fused-ring (bicyclic) bond motifs is 1. The van der Waals surface area contributed by atoms with E-state index in [9.17, 15) is 44.3 Å². The minimum absolute atomic E-state index is 0.0224. The first-order valence-corrected chi connectivity index (χ1v) is 14.4. The van der Waals surface area contributed by atoms with Crippen LogP contribution in [0.25, 0.3) is 11.4 Å². The van der Waals surface area contributed by atoms with E-state index in [2.05, 4.69) is 15.3 Å². The first-order chi connectivity index (χ1) is 22.0. The highest BCUT2D eigenvalue weighted by molar-refractivity contribution is 5.90. The summed E-state index contributed by atoms with van der Waals surface area (Å²) >= 11 is 0. The van der Waals surface area contributed by atoms with Gasteiger partial charge in [-0.3, -0.25) is 4.90 Å². The fraction of sp³-hybridized carbons (Fsp3) is 0.433. The van der Waals surface area contributed by atoms with Gasteiger partial charge in [0.2, 0.25) is 0 Å². The molecule has 256 valence electrons. The molecule has 0 unspecified atom stereocenters. The van der Waals surface area contributed by atoms with Gasteiger partial charge in [-0.15, -0.1) is 0 Å². The number of carbonyl (C=O) groups is 1.